The number of benzene rings is 2. The Morgan fingerprint density at radius 2 is 1.87 bits per heavy atom. The molecule has 0 spiro atoms. The highest BCUT2D eigenvalue weighted by atomic mass is 79.9. The van der Waals surface area contributed by atoms with Crippen LogP contribution in [-0.4, -0.2) is 13.7 Å². The Labute approximate surface area is 154 Å². The van der Waals surface area contributed by atoms with Gasteiger partial charge < -0.3 is 14.8 Å². The van der Waals surface area contributed by atoms with Gasteiger partial charge in [-0.05, 0) is 59.1 Å². The van der Waals surface area contributed by atoms with E-state index in [9.17, 15) is 0 Å². The molecule has 2 aromatic rings. The molecule has 23 heavy (non-hydrogen) atoms. The van der Waals surface area contributed by atoms with Crippen LogP contribution in [0.3, 0.4) is 0 Å². The first-order valence-electron chi connectivity index (χ1n) is 7.53. The molecule has 1 atom stereocenters. The molecule has 3 nitrogen and oxygen atoms in total. The molecule has 5 heteroatoms. The highest BCUT2D eigenvalue weighted by Crippen LogP contribution is 2.36. The Balaban J connectivity index is 2.11. The smallest absolute Gasteiger partial charge is 0.175 e. The molecular formula is C18H21Br2NO2. The van der Waals surface area contributed by atoms with Crippen LogP contribution in [0.15, 0.2) is 45.3 Å². The summed E-state index contributed by atoms with van der Waals surface area (Å²) in [6.45, 7) is 5.46. The fourth-order valence-corrected chi connectivity index (χ4v) is 3.60. The maximum atomic E-state index is 5.63. The van der Waals surface area contributed by atoms with Gasteiger partial charge in [-0.2, -0.15) is 0 Å². The predicted molar refractivity (Wildman–Crippen MR) is 101 cm³/mol. The van der Waals surface area contributed by atoms with Crippen LogP contribution >= 0.6 is 31.9 Å². The highest BCUT2D eigenvalue weighted by Gasteiger charge is 2.13. The highest BCUT2D eigenvalue weighted by molar-refractivity contribution is 9.10. The number of ether oxygens (including phenoxy) is 2. The first kappa shape index (κ1) is 18.3. The second-order valence-electron chi connectivity index (χ2n) is 5.17. The zero-order valence-electron chi connectivity index (χ0n) is 13.5. The molecule has 0 bridgehead atoms. The van der Waals surface area contributed by atoms with Crippen molar-refractivity contribution in [2.24, 2.45) is 0 Å². The predicted octanol–water partition coefficient (Wildman–Crippen LogP) is 5.47. The minimum atomic E-state index is 0.238. The van der Waals surface area contributed by atoms with Crippen molar-refractivity contribution in [2.75, 3.05) is 13.7 Å². The third kappa shape index (κ3) is 4.72. The summed E-state index contributed by atoms with van der Waals surface area (Å²) in [6, 6.07) is 12.6. The summed E-state index contributed by atoms with van der Waals surface area (Å²) in [5.41, 5.74) is 2.38. The monoisotopic (exact) mass is 441 g/mol. The molecule has 0 fully saturated rings. The number of methoxy groups -OCH3 is 1. The van der Waals surface area contributed by atoms with Gasteiger partial charge in [0.15, 0.2) is 11.5 Å². The fourth-order valence-electron chi connectivity index (χ4n) is 2.37. The van der Waals surface area contributed by atoms with Gasteiger partial charge in [0.2, 0.25) is 0 Å². The van der Waals surface area contributed by atoms with Crippen molar-refractivity contribution in [3.63, 3.8) is 0 Å². The maximum Gasteiger partial charge on any atom is 0.175 e. The van der Waals surface area contributed by atoms with Crippen molar-refractivity contribution in [1.82, 2.24) is 5.32 Å². The minimum absolute atomic E-state index is 0.238. The average Bonchev–Trinajstić information content (AvgIpc) is 2.55. The first-order chi connectivity index (χ1) is 11.1. The summed E-state index contributed by atoms with van der Waals surface area (Å²) in [5, 5.41) is 3.54. The van der Waals surface area contributed by atoms with Gasteiger partial charge in [-0.3, -0.25) is 0 Å². The van der Waals surface area contributed by atoms with Crippen LogP contribution in [0.1, 0.15) is 31.0 Å². The van der Waals surface area contributed by atoms with Crippen LogP contribution < -0.4 is 14.8 Å². The van der Waals surface area contributed by atoms with Gasteiger partial charge in [0.05, 0.1) is 18.2 Å². The van der Waals surface area contributed by atoms with E-state index in [2.05, 4.69) is 68.4 Å². The van der Waals surface area contributed by atoms with E-state index in [1.54, 1.807) is 7.11 Å². The molecule has 0 unspecified atom stereocenters. The van der Waals surface area contributed by atoms with Crippen molar-refractivity contribution in [1.29, 1.82) is 0 Å². The molecular weight excluding hydrogens is 422 g/mol. The van der Waals surface area contributed by atoms with E-state index in [4.69, 9.17) is 9.47 Å². The van der Waals surface area contributed by atoms with Crippen molar-refractivity contribution in [3.8, 4) is 11.5 Å². The Bertz CT molecular complexity index is 661. The quantitative estimate of drug-likeness (QED) is 0.616. The van der Waals surface area contributed by atoms with Crippen molar-refractivity contribution < 1.29 is 9.47 Å². The van der Waals surface area contributed by atoms with Crippen LogP contribution in [0.25, 0.3) is 0 Å². The van der Waals surface area contributed by atoms with Crippen LogP contribution in [0.4, 0.5) is 0 Å². The van der Waals surface area contributed by atoms with Crippen LogP contribution in [0.5, 0.6) is 11.5 Å². The fraction of sp³-hybridized carbons (Fsp3) is 0.333. The normalized spacial score (nSPS) is 12.0. The van der Waals surface area contributed by atoms with E-state index < -0.39 is 0 Å². The molecule has 0 radical (unpaired) electrons. The molecule has 0 heterocycles. The van der Waals surface area contributed by atoms with Crippen molar-refractivity contribution in [3.05, 3.63) is 56.5 Å². The van der Waals surface area contributed by atoms with Crippen molar-refractivity contribution >= 4 is 31.9 Å². The molecule has 0 saturated carbocycles. The summed E-state index contributed by atoms with van der Waals surface area (Å²) in [6.07, 6.45) is 0. The Morgan fingerprint density at radius 3 is 2.52 bits per heavy atom. The first-order valence-corrected chi connectivity index (χ1v) is 9.12. The van der Waals surface area contributed by atoms with Gasteiger partial charge in [0.25, 0.3) is 0 Å². The van der Waals surface area contributed by atoms with Crippen LogP contribution in [-0.2, 0) is 6.54 Å². The van der Waals surface area contributed by atoms with Crippen LogP contribution in [0, 0.1) is 0 Å². The van der Waals surface area contributed by atoms with Gasteiger partial charge in [0.1, 0.15) is 0 Å². The molecule has 0 aliphatic heterocycles. The topological polar surface area (TPSA) is 30.5 Å². The third-order valence-electron chi connectivity index (χ3n) is 3.56. The number of hydrogen-bond donors (Lipinski definition) is 1. The maximum absolute atomic E-state index is 5.63. The number of nitrogens with one attached hydrogen (secondary N) is 1. The standard InChI is InChI=1S/C18H21Br2NO2/c1-4-23-18-16(20)9-13(10-17(18)22-3)11-21-12(2)14-7-5-6-8-15(14)19/h5-10,12,21H,4,11H2,1-3H3/t12-/m0/s1. The number of rotatable bonds is 7. The summed E-state index contributed by atoms with van der Waals surface area (Å²) in [5.74, 6) is 1.49. The summed E-state index contributed by atoms with van der Waals surface area (Å²) in [4.78, 5) is 0. The Kier molecular flexibility index (Phi) is 6.93. The van der Waals surface area contributed by atoms with E-state index in [0.717, 1.165) is 32.6 Å². The lowest BCUT2D eigenvalue weighted by molar-refractivity contribution is 0.308. The molecule has 0 aliphatic carbocycles. The third-order valence-corrected chi connectivity index (χ3v) is 4.87. The molecule has 0 aromatic heterocycles. The lowest BCUT2D eigenvalue weighted by atomic mass is 10.1. The van der Waals surface area contributed by atoms with E-state index in [-0.39, 0.29) is 6.04 Å². The number of hydrogen-bond acceptors (Lipinski definition) is 3. The second kappa shape index (κ2) is 8.71. The van der Waals surface area contributed by atoms with E-state index in [1.165, 1.54) is 5.56 Å². The molecule has 1 N–H and O–H groups in total. The number of halogens is 2. The Hall–Kier alpha value is -1.04. The zero-order valence-corrected chi connectivity index (χ0v) is 16.7. The van der Waals surface area contributed by atoms with E-state index in [0.29, 0.717) is 6.61 Å². The molecule has 2 aromatic carbocycles. The molecule has 0 amide bonds. The summed E-state index contributed by atoms with van der Waals surface area (Å²) in [7, 11) is 1.66. The van der Waals surface area contributed by atoms with Gasteiger partial charge in [-0.15, -0.1) is 0 Å². The molecule has 2 rings (SSSR count). The van der Waals surface area contributed by atoms with E-state index in [1.807, 2.05) is 19.1 Å². The van der Waals surface area contributed by atoms with Gasteiger partial charge >= 0.3 is 0 Å². The lowest BCUT2D eigenvalue weighted by Crippen LogP contribution is -2.18. The van der Waals surface area contributed by atoms with E-state index >= 15 is 0 Å². The Morgan fingerprint density at radius 1 is 1.13 bits per heavy atom. The second-order valence-corrected chi connectivity index (χ2v) is 6.87. The lowest BCUT2D eigenvalue weighted by Gasteiger charge is -2.17. The van der Waals surface area contributed by atoms with Crippen molar-refractivity contribution in [2.45, 2.75) is 26.4 Å². The van der Waals surface area contributed by atoms with Crippen LogP contribution in [0.2, 0.25) is 0 Å². The molecule has 0 saturated heterocycles. The van der Waals surface area contributed by atoms with Gasteiger partial charge in [-0.25, -0.2) is 0 Å². The molecule has 124 valence electrons. The summed E-state index contributed by atoms with van der Waals surface area (Å²) < 4.78 is 13.1. The van der Waals surface area contributed by atoms with Gasteiger partial charge in [-0.1, -0.05) is 34.1 Å². The minimum Gasteiger partial charge on any atom is -0.493 e. The molecule has 0 aliphatic rings. The van der Waals surface area contributed by atoms with Gasteiger partial charge in [0, 0.05) is 17.1 Å². The SMILES string of the molecule is CCOc1c(Br)cc(CN[C@@H](C)c2ccccc2Br)cc1OC. The summed E-state index contributed by atoms with van der Waals surface area (Å²) >= 11 is 7.16. The average molecular weight is 443 g/mol. The largest absolute Gasteiger partial charge is 0.493 e. The zero-order chi connectivity index (χ0) is 16.8.